The smallest absolute Gasteiger partial charge is 0.336 e. The molecule has 0 amide bonds. The van der Waals surface area contributed by atoms with Crippen LogP contribution in [0.1, 0.15) is 16.8 Å². The van der Waals surface area contributed by atoms with Gasteiger partial charge in [-0.3, -0.25) is 14.3 Å². The first kappa shape index (κ1) is 16.8. The highest BCUT2D eigenvalue weighted by Crippen LogP contribution is 2.34. The molecule has 1 aliphatic rings. The summed E-state index contributed by atoms with van der Waals surface area (Å²) in [5.41, 5.74) is -0.826. The van der Waals surface area contributed by atoms with Crippen molar-refractivity contribution in [1.29, 1.82) is 0 Å². The quantitative estimate of drug-likeness (QED) is 0.694. The molecule has 0 saturated heterocycles. The van der Waals surface area contributed by atoms with E-state index in [1.54, 1.807) is 18.2 Å². The van der Waals surface area contributed by atoms with Crippen molar-refractivity contribution in [2.45, 2.75) is 6.42 Å². The second-order valence-electron chi connectivity index (χ2n) is 6.09. The Hall–Kier alpha value is -3.62. The lowest BCUT2D eigenvalue weighted by Gasteiger charge is -2.11. The van der Waals surface area contributed by atoms with Crippen LogP contribution in [-0.4, -0.2) is 38.8 Å². The third-order valence-corrected chi connectivity index (χ3v) is 4.34. The van der Waals surface area contributed by atoms with Crippen molar-refractivity contribution in [2.75, 3.05) is 13.2 Å². The lowest BCUT2D eigenvalue weighted by Crippen LogP contribution is -2.30. The fourth-order valence-electron chi connectivity index (χ4n) is 2.98. The van der Waals surface area contributed by atoms with Gasteiger partial charge >= 0.3 is 11.7 Å². The highest BCUT2D eigenvalue weighted by atomic mass is 16.5. The highest BCUT2D eigenvalue weighted by Gasteiger charge is 2.19. The molecule has 0 atom stereocenters. The van der Waals surface area contributed by atoms with Crippen molar-refractivity contribution in [1.82, 2.24) is 14.5 Å². The number of hydrogen-bond donors (Lipinski definition) is 2. The maximum atomic E-state index is 12.1. The summed E-state index contributed by atoms with van der Waals surface area (Å²) >= 11 is 0. The number of fused-ring (bicyclic) bond motifs is 2. The molecule has 2 N–H and O–H groups in total. The number of carboxylic acid groups (broad SMARTS) is 1. The molecule has 3 aromatic rings. The maximum absolute atomic E-state index is 12.1. The Morgan fingerprint density at radius 2 is 1.93 bits per heavy atom. The number of nitrogens with zero attached hydrogens (tertiary/aromatic N) is 2. The van der Waals surface area contributed by atoms with Crippen molar-refractivity contribution in [3.8, 4) is 22.8 Å². The van der Waals surface area contributed by atoms with E-state index in [0.29, 0.717) is 36.0 Å². The van der Waals surface area contributed by atoms with Crippen LogP contribution < -0.4 is 20.7 Å². The first-order chi connectivity index (χ1) is 13.0. The van der Waals surface area contributed by atoms with E-state index in [2.05, 4.69) is 9.97 Å². The molecule has 138 valence electrons. The minimum Gasteiger partial charge on any atom is -0.490 e. The first-order valence-electron chi connectivity index (χ1n) is 8.23. The molecular weight excluding hydrogens is 354 g/mol. The second kappa shape index (κ2) is 6.27. The number of rotatable bonds is 2. The van der Waals surface area contributed by atoms with Gasteiger partial charge in [0, 0.05) is 19.0 Å². The van der Waals surface area contributed by atoms with E-state index < -0.39 is 17.2 Å². The van der Waals surface area contributed by atoms with Gasteiger partial charge in [-0.2, -0.15) is 0 Å². The molecule has 2 aromatic heterocycles. The van der Waals surface area contributed by atoms with Crippen molar-refractivity contribution < 1.29 is 19.4 Å². The lowest BCUT2D eigenvalue weighted by atomic mass is 10.1. The predicted molar refractivity (Wildman–Crippen MR) is 95.6 cm³/mol. The fourth-order valence-corrected chi connectivity index (χ4v) is 2.98. The van der Waals surface area contributed by atoms with E-state index in [0.717, 1.165) is 11.0 Å². The second-order valence-corrected chi connectivity index (χ2v) is 6.09. The summed E-state index contributed by atoms with van der Waals surface area (Å²) in [5, 5.41) is 9.41. The lowest BCUT2D eigenvalue weighted by molar-refractivity contribution is 0.0699. The Morgan fingerprint density at radius 3 is 2.67 bits per heavy atom. The van der Waals surface area contributed by atoms with Crippen LogP contribution in [0.4, 0.5) is 0 Å². The van der Waals surface area contributed by atoms with Gasteiger partial charge in [-0.25, -0.2) is 14.6 Å². The van der Waals surface area contributed by atoms with E-state index in [1.807, 2.05) is 0 Å². The molecule has 1 aliphatic heterocycles. The summed E-state index contributed by atoms with van der Waals surface area (Å²) in [6, 6.07) is 6.45. The summed E-state index contributed by atoms with van der Waals surface area (Å²) in [7, 11) is 1.41. The summed E-state index contributed by atoms with van der Waals surface area (Å²) in [6.45, 7) is 1.06. The average Bonchev–Trinajstić information content (AvgIpc) is 2.89. The molecule has 3 heterocycles. The maximum Gasteiger partial charge on any atom is 0.336 e. The number of pyridine rings is 1. The third kappa shape index (κ3) is 2.82. The Morgan fingerprint density at radius 1 is 1.19 bits per heavy atom. The van der Waals surface area contributed by atoms with Crippen LogP contribution >= 0.6 is 0 Å². The van der Waals surface area contributed by atoms with Gasteiger partial charge in [-0.1, -0.05) is 0 Å². The summed E-state index contributed by atoms with van der Waals surface area (Å²) in [5.74, 6) is -0.162. The van der Waals surface area contributed by atoms with Crippen LogP contribution in [0.15, 0.2) is 33.9 Å². The van der Waals surface area contributed by atoms with Crippen LogP contribution in [0, 0.1) is 0 Å². The number of carbonyl (C=O) groups is 1. The molecule has 9 heteroatoms. The van der Waals surface area contributed by atoms with Crippen LogP contribution in [0.25, 0.3) is 22.3 Å². The number of aromatic nitrogens is 3. The van der Waals surface area contributed by atoms with Crippen LogP contribution in [0.5, 0.6) is 11.5 Å². The number of benzene rings is 1. The number of aromatic carboxylic acids is 1. The number of hydrogen-bond acceptors (Lipinski definition) is 6. The molecule has 1 aromatic carbocycles. The van der Waals surface area contributed by atoms with Gasteiger partial charge in [0.25, 0.3) is 5.56 Å². The molecule has 0 aliphatic carbocycles. The Kier molecular flexibility index (Phi) is 3.91. The van der Waals surface area contributed by atoms with Crippen molar-refractivity contribution in [2.24, 2.45) is 7.05 Å². The largest absolute Gasteiger partial charge is 0.490 e. The normalized spacial score (nSPS) is 13.4. The summed E-state index contributed by atoms with van der Waals surface area (Å²) in [4.78, 5) is 42.2. The molecule has 0 radical (unpaired) electrons. The van der Waals surface area contributed by atoms with E-state index in [-0.39, 0.29) is 16.6 Å². The molecule has 0 bridgehead atoms. The van der Waals surface area contributed by atoms with Gasteiger partial charge in [0.2, 0.25) is 0 Å². The summed E-state index contributed by atoms with van der Waals surface area (Å²) < 4.78 is 12.4. The van der Waals surface area contributed by atoms with E-state index in [1.165, 1.54) is 13.1 Å². The molecule has 0 saturated carbocycles. The van der Waals surface area contributed by atoms with E-state index in [4.69, 9.17) is 9.47 Å². The fraction of sp³-hybridized carbons (Fsp3) is 0.222. The Balaban J connectivity index is 1.99. The summed E-state index contributed by atoms with van der Waals surface area (Å²) in [6.07, 6.45) is 0.756. The molecule has 9 nitrogen and oxygen atoms in total. The van der Waals surface area contributed by atoms with Gasteiger partial charge in [0.15, 0.2) is 17.1 Å². The zero-order valence-electron chi connectivity index (χ0n) is 14.3. The van der Waals surface area contributed by atoms with Crippen LogP contribution in [0.2, 0.25) is 0 Å². The average molecular weight is 369 g/mol. The number of aromatic amines is 1. The van der Waals surface area contributed by atoms with Gasteiger partial charge in [-0.15, -0.1) is 0 Å². The van der Waals surface area contributed by atoms with Crippen molar-refractivity contribution in [3.63, 3.8) is 0 Å². The van der Waals surface area contributed by atoms with Crippen molar-refractivity contribution in [3.05, 3.63) is 50.7 Å². The van der Waals surface area contributed by atoms with Crippen LogP contribution in [-0.2, 0) is 7.05 Å². The highest BCUT2D eigenvalue weighted by molar-refractivity contribution is 6.02. The monoisotopic (exact) mass is 369 g/mol. The van der Waals surface area contributed by atoms with Gasteiger partial charge in [0.05, 0.1) is 29.9 Å². The minimum atomic E-state index is -1.29. The Bertz CT molecular complexity index is 1190. The molecule has 0 unspecified atom stereocenters. The minimum absolute atomic E-state index is 0.00855. The number of ether oxygens (including phenoxy) is 2. The van der Waals surface area contributed by atoms with Gasteiger partial charge in [0.1, 0.15) is 0 Å². The molecular formula is C18H15N3O6. The predicted octanol–water partition coefficient (Wildman–Crippen LogP) is 1.15. The molecule has 27 heavy (non-hydrogen) atoms. The van der Waals surface area contributed by atoms with E-state index in [9.17, 15) is 19.5 Å². The first-order valence-corrected chi connectivity index (χ1v) is 8.23. The molecule has 4 rings (SSSR count). The topological polar surface area (TPSA) is 124 Å². The number of carboxylic acids is 1. The van der Waals surface area contributed by atoms with E-state index >= 15 is 0 Å². The zero-order chi connectivity index (χ0) is 19.1. The SMILES string of the molecule is Cn1c(=O)[nH]c(=O)c2c(C(=O)O)cc(-c3ccc4c(c3)OCCCO4)nc21. The zero-order valence-corrected chi connectivity index (χ0v) is 14.3. The van der Waals surface area contributed by atoms with Crippen LogP contribution in [0.3, 0.4) is 0 Å². The van der Waals surface area contributed by atoms with Gasteiger partial charge < -0.3 is 14.6 Å². The number of nitrogens with one attached hydrogen (secondary N) is 1. The molecule has 0 spiro atoms. The number of H-pyrrole nitrogens is 1. The van der Waals surface area contributed by atoms with Gasteiger partial charge in [-0.05, 0) is 24.3 Å². The third-order valence-electron chi connectivity index (χ3n) is 4.34. The molecule has 0 fully saturated rings. The Labute approximate surface area is 151 Å². The standard InChI is InChI=1S/C18H15N3O6/c1-21-15-14(16(22)20-18(21)25)10(17(23)24)8-11(19-15)9-3-4-12-13(7-9)27-6-2-5-26-12/h3-4,7-8H,2,5-6H2,1H3,(H,23,24)(H,20,22,25). The number of aryl methyl sites for hydroxylation is 1. The van der Waals surface area contributed by atoms with Crippen molar-refractivity contribution >= 4 is 17.0 Å².